The second-order valence-electron chi connectivity index (χ2n) is 4.72. The molecular weight excluding hydrogens is 341 g/mol. The van der Waals surface area contributed by atoms with Crippen LogP contribution in [-0.4, -0.2) is 26.2 Å². The van der Waals surface area contributed by atoms with E-state index in [-0.39, 0.29) is 0 Å². The highest BCUT2D eigenvalue weighted by Gasteiger charge is 2.25. The van der Waals surface area contributed by atoms with Crippen LogP contribution < -0.4 is 19.5 Å². The van der Waals surface area contributed by atoms with Gasteiger partial charge in [0.25, 0.3) is 5.91 Å². The largest absolute Gasteiger partial charge is 0.493 e. The highest BCUT2D eigenvalue weighted by molar-refractivity contribution is 6.40. The number of para-hydroxylation sites is 1. The number of ether oxygens (including phenoxy) is 3. The Bertz CT molecular complexity index is 744. The summed E-state index contributed by atoms with van der Waals surface area (Å²) in [4.78, 5) is 12.6. The first-order chi connectivity index (χ1) is 11.1. The molecule has 0 atom stereocenters. The van der Waals surface area contributed by atoms with Crippen LogP contribution in [0.2, 0.25) is 10.0 Å². The first-order valence-electron chi connectivity index (χ1n) is 6.83. The number of anilines is 1. The standard InChI is InChI=1S/C16H13Cl2NO4/c1-21-12-6-5-9(14-15(12)23-8-7-22-14)16(20)19-13-10(17)3-2-4-11(13)18/h2-6H,7-8H2,1H3,(H,19,20). The summed E-state index contributed by atoms with van der Waals surface area (Å²) in [6.45, 7) is 0.748. The lowest BCUT2D eigenvalue weighted by molar-refractivity contribution is 0.101. The Morgan fingerprint density at radius 2 is 1.74 bits per heavy atom. The lowest BCUT2D eigenvalue weighted by Crippen LogP contribution is -2.21. The normalized spacial score (nSPS) is 12.7. The molecule has 0 aliphatic carbocycles. The summed E-state index contributed by atoms with van der Waals surface area (Å²) in [6.07, 6.45) is 0. The van der Waals surface area contributed by atoms with Gasteiger partial charge in [0, 0.05) is 0 Å². The van der Waals surface area contributed by atoms with Crippen LogP contribution in [0.1, 0.15) is 10.4 Å². The van der Waals surface area contributed by atoms with Crippen molar-refractivity contribution in [1.29, 1.82) is 0 Å². The van der Waals surface area contributed by atoms with Gasteiger partial charge in [0.1, 0.15) is 13.2 Å². The van der Waals surface area contributed by atoms with Gasteiger partial charge in [0.15, 0.2) is 11.5 Å². The lowest BCUT2D eigenvalue weighted by Gasteiger charge is -2.22. The Labute approximate surface area is 143 Å². The molecule has 0 saturated heterocycles. The van der Waals surface area contributed by atoms with Crippen molar-refractivity contribution < 1.29 is 19.0 Å². The van der Waals surface area contributed by atoms with Crippen LogP contribution in [-0.2, 0) is 0 Å². The maximum Gasteiger partial charge on any atom is 0.259 e. The van der Waals surface area contributed by atoms with Crippen LogP contribution in [0, 0.1) is 0 Å². The molecule has 0 saturated carbocycles. The number of carbonyl (C=O) groups is 1. The van der Waals surface area contributed by atoms with Crippen molar-refractivity contribution in [2.45, 2.75) is 0 Å². The Hall–Kier alpha value is -2.11. The van der Waals surface area contributed by atoms with Gasteiger partial charge in [-0.25, -0.2) is 0 Å². The average molecular weight is 354 g/mol. The zero-order valence-electron chi connectivity index (χ0n) is 12.2. The highest BCUT2D eigenvalue weighted by atomic mass is 35.5. The molecule has 120 valence electrons. The van der Waals surface area contributed by atoms with Crippen LogP contribution in [0.25, 0.3) is 0 Å². The van der Waals surface area contributed by atoms with Gasteiger partial charge >= 0.3 is 0 Å². The lowest BCUT2D eigenvalue weighted by atomic mass is 10.1. The van der Waals surface area contributed by atoms with Gasteiger partial charge in [-0.15, -0.1) is 0 Å². The number of hydrogen-bond donors (Lipinski definition) is 1. The van der Waals surface area contributed by atoms with Gasteiger partial charge in [0.2, 0.25) is 5.75 Å². The van der Waals surface area contributed by atoms with Crippen LogP contribution in [0.3, 0.4) is 0 Å². The fraction of sp³-hybridized carbons (Fsp3) is 0.188. The maximum atomic E-state index is 12.6. The van der Waals surface area contributed by atoms with Crippen molar-refractivity contribution in [2.24, 2.45) is 0 Å². The third-order valence-corrected chi connectivity index (χ3v) is 3.95. The fourth-order valence-corrected chi connectivity index (χ4v) is 2.74. The van der Waals surface area contributed by atoms with Crippen LogP contribution in [0.4, 0.5) is 5.69 Å². The van der Waals surface area contributed by atoms with Crippen molar-refractivity contribution in [3.8, 4) is 17.2 Å². The summed E-state index contributed by atoms with van der Waals surface area (Å²) >= 11 is 12.2. The topological polar surface area (TPSA) is 56.8 Å². The van der Waals surface area contributed by atoms with Crippen molar-refractivity contribution >= 4 is 34.8 Å². The molecule has 2 aromatic rings. The third kappa shape index (κ3) is 3.02. The number of halogens is 2. The number of methoxy groups -OCH3 is 1. The SMILES string of the molecule is COc1ccc(C(=O)Nc2c(Cl)cccc2Cl)c2c1OCCO2. The van der Waals surface area contributed by atoms with Gasteiger partial charge in [-0.05, 0) is 24.3 Å². The molecule has 0 bridgehead atoms. The Kier molecular flexibility index (Phi) is 4.50. The van der Waals surface area contributed by atoms with E-state index in [9.17, 15) is 4.79 Å². The van der Waals surface area contributed by atoms with Gasteiger partial charge in [-0.2, -0.15) is 0 Å². The summed E-state index contributed by atoms with van der Waals surface area (Å²) in [5.74, 6) is 0.865. The molecule has 0 spiro atoms. The van der Waals surface area contributed by atoms with E-state index in [0.29, 0.717) is 51.8 Å². The number of fused-ring (bicyclic) bond motifs is 1. The second-order valence-corrected chi connectivity index (χ2v) is 5.54. The Morgan fingerprint density at radius 3 is 2.39 bits per heavy atom. The fourth-order valence-electron chi connectivity index (χ4n) is 2.25. The molecule has 0 fully saturated rings. The van der Waals surface area contributed by atoms with E-state index in [1.165, 1.54) is 7.11 Å². The van der Waals surface area contributed by atoms with E-state index in [0.717, 1.165) is 0 Å². The smallest absolute Gasteiger partial charge is 0.259 e. The second kappa shape index (κ2) is 6.56. The third-order valence-electron chi connectivity index (χ3n) is 3.32. The van der Waals surface area contributed by atoms with Crippen LogP contribution in [0.15, 0.2) is 30.3 Å². The minimum atomic E-state index is -0.399. The summed E-state index contributed by atoms with van der Waals surface area (Å²) in [6, 6.07) is 8.24. The number of hydrogen-bond acceptors (Lipinski definition) is 4. The van der Waals surface area contributed by atoms with Gasteiger partial charge < -0.3 is 19.5 Å². The molecule has 1 N–H and O–H groups in total. The monoisotopic (exact) mass is 353 g/mol. The predicted molar refractivity (Wildman–Crippen MR) is 88.4 cm³/mol. The van der Waals surface area contributed by atoms with Crippen LogP contribution >= 0.6 is 23.2 Å². The van der Waals surface area contributed by atoms with E-state index in [1.54, 1.807) is 30.3 Å². The molecule has 23 heavy (non-hydrogen) atoms. The molecule has 0 unspecified atom stereocenters. The van der Waals surface area contributed by atoms with E-state index in [2.05, 4.69) is 5.32 Å². The zero-order valence-corrected chi connectivity index (χ0v) is 13.7. The molecule has 0 aromatic heterocycles. The maximum absolute atomic E-state index is 12.6. The van der Waals surface area contributed by atoms with Gasteiger partial charge in [-0.3, -0.25) is 4.79 Å². The predicted octanol–water partition coefficient (Wildman–Crippen LogP) is 4.03. The van der Waals surface area contributed by atoms with Crippen LogP contribution in [0.5, 0.6) is 17.2 Å². The highest BCUT2D eigenvalue weighted by Crippen LogP contribution is 2.42. The summed E-state index contributed by atoms with van der Waals surface area (Å²) in [7, 11) is 1.52. The van der Waals surface area contributed by atoms with Gasteiger partial charge in [0.05, 0.1) is 28.4 Å². The Morgan fingerprint density at radius 1 is 1.09 bits per heavy atom. The molecule has 1 aliphatic heterocycles. The average Bonchev–Trinajstić information content (AvgIpc) is 2.57. The van der Waals surface area contributed by atoms with E-state index >= 15 is 0 Å². The molecule has 2 aromatic carbocycles. The molecular formula is C16H13Cl2NO4. The van der Waals surface area contributed by atoms with E-state index < -0.39 is 5.91 Å². The summed E-state index contributed by atoms with van der Waals surface area (Å²) < 4.78 is 16.4. The first kappa shape index (κ1) is 15.8. The number of amides is 1. The zero-order chi connectivity index (χ0) is 16.4. The Balaban J connectivity index is 1.97. The number of nitrogens with one attached hydrogen (secondary N) is 1. The molecule has 1 amide bonds. The quantitative estimate of drug-likeness (QED) is 0.904. The summed E-state index contributed by atoms with van der Waals surface area (Å²) in [5, 5.41) is 3.41. The molecule has 0 radical (unpaired) electrons. The van der Waals surface area contributed by atoms with Crippen molar-refractivity contribution in [3.63, 3.8) is 0 Å². The molecule has 1 heterocycles. The summed E-state index contributed by atoms with van der Waals surface area (Å²) in [5.41, 5.74) is 0.665. The minimum Gasteiger partial charge on any atom is -0.493 e. The minimum absolute atomic E-state index is 0.316. The van der Waals surface area contributed by atoms with Gasteiger partial charge in [-0.1, -0.05) is 29.3 Å². The van der Waals surface area contributed by atoms with Crippen molar-refractivity contribution in [1.82, 2.24) is 0 Å². The van der Waals surface area contributed by atoms with E-state index in [4.69, 9.17) is 37.4 Å². The molecule has 5 nitrogen and oxygen atoms in total. The number of carbonyl (C=O) groups excluding carboxylic acids is 1. The van der Waals surface area contributed by atoms with Crippen molar-refractivity contribution in [3.05, 3.63) is 45.9 Å². The van der Waals surface area contributed by atoms with E-state index in [1.807, 2.05) is 0 Å². The molecule has 7 heteroatoms. The molecule has 3 rings (SSSR count). The first-order valence-corrected chi connectivity index (χ1v) is 7.59. The number of rotatable bonds is 3. The molecule has 1 aliphatic rings. The van der Waals surface area contributed by atoms with Crippen molar-refractivity contribution in [2.75, 3.05) is 25.6 Å². The number of benzene rings is 2.